The number of nitrogens with one attached hydrogen (secondary N) is 1. The van der Waals surface area contributed by atoms with Crippen LogP contribution in [-0.4, -0.2) is 14.8 Å². The largest absolute Gasteiger partial charge is 0.358 e. The second-order valence-electron chi connectivity index (χ2n) is 7.06. The first-order valence-corrected chi connectivity index (χ1v) is 9.02. The molecule has 0 saturated heterocycles. The number of fused-ring (bicyclic) bond motifs is 1. The van der Waals surface area contributed by atoms with Gasteiger partial charge in [0.25, 0.3) is 0 Å². The van der Waals surface area contributed by atoms with Gasteiger partial charge >= 0.3 is 0 Å². The van der Waals surface area contributed by atoms with Gasteiger partial charge in [-0.05, 0) is 64.3 Å². The van der Waals surface area contributed by atoms with E-state index in [1.807, 2.05) is 36.7 Å². The number of nitrogens with zero attached hydrogens (tertiary/aromatic N) is 2. The maximum Gasteiger partial charge on any atom is 0.188 e. The normalized spacial score (nSPS) is 13.5. The zero-order valence-electron chi connectivity index (χ0n) is 15.7. The van der Waals surface area contributed by atoms with Gasteiger partial charge in [-0.15, -0.1) is 0 Å². The van der Waals surface area contributed by atoms with Gasteiger partial charge in [-0.1, -0.05) is 18.2 Å². The topological polar surface area (TPSA) is 50.7 Å². The number of aromatic nitrogens is 3. The van der Waals surface area contributed by atoms with Gasteiger partial charge in [0.15, 0.2) is 5.43 Å². The van der Waals surface area contributed by atoms with E-state index in [2.05, 4.69) is 37.0 Å². The summed E-state index contributed by atoms with van der Waals surface area (Å²) >= 11 is 0. The van der Waals surface area contributed by atoms with Crippen molar-refractivity contribution in [2.45, 2.75) is 40.5 Å². The number of para-hydroxylation sites is 1. The first-order valence-electron chi connectivity index (χ1n) is 9.02. The van der Waals surface area contributed by atoms with Crippen molar-refractivity contribution in [3.8, 4) is 5.69 Å². The van der Waals surface area contributed by atoms with E-state index in [9.17, 15) is 4.79 Å². The average Bonchev–Trinajstić information content (AvgIpc) is 2.94. The first kappa shape index (κ1) is 16.6. The van der Waals surface area contributed by atoms with Gasteiger partial charge in [0, 0.05) is 33.8 Å². The van der Waals surface area contributed by atoms with E-state index in [1.165, 1.54) is 11.1 Å². The molecule has 0 spiro atoms. The maximum absolute atomic E-state index is 12.5. The van der Waals surface area contributed by atoms with Crippen LogP contribution in [0.25, 0.3) is 17.3 Å². The lowest BCUT2D eigenvalue weighted by molar-refractivity contribution is 0.833. The molecule has 0 radical (unpaired) electrons. The molecule has 0 saturated carbocycles. The molecule has 0 bridgehead atoms. The molecule has 26 heavy (non-hydrogen) atoms. The lowest BCUT2D eigenvalue weighted by Crippen LogP contribution is -2.19. The molecule has 4 heteroatoms. The van der Waals surface area contributed by atoms with Gasteiger partial charge < -0.3 is 4.98 Å². The van der Waals surface area contributed by atoms with Crippen molar-refractivity contribution in [2.75, 3.05) is 0 Å². The van der Waals surface area contributed by atoms with Crippen LogP contribution in [0, 0.1) is 27.7 Å². The number of hydrogen-bond acceptors (Lipinski definition) is 2. The summed E-state index contributed by atoms with van der Waals surface area (Å²) in [7, 11) is 0. The Morgan fingerprint density at radius 2 is 1.77 bits per heavy atom. The smallest absolute Gasteiger partial charge is 0.188 e. The predicted octanol–water partition coefficient (Wildman–Crippen LogP) is 4.28. The van der Waals surface area contributed by atoms with E-state index in [0.717, 1.165) is 52.4 Å². The Morgan fingerprint density at radius 3 is 2.50 bits per heavy atom. The second-order valence-corrected chi connectivity index (χ2v) is 7.06. The summed E-state index contributed by atoms with van der Waals surface area (Å²) in [6, 6.07) is 10.2. The van der Waals surface area contributed by atoms with Crippen molar-refractivity contribution in [3.05, 3.63) is 80.0 Å². The Bertz CT molecular complexity index is 1080. The fraction of sp³-hybridized carbons (Fsp3) is 0.273. The highest BCUT2D eigenvalue weighted by molar-refractivity contribution is 5.85. The molecular weight excluding hydrogens is 322 g/mol. The summed E-state index contributed by atoms with van der Waals surface area (Å²) in [5, 5.41) is 4.76. The molecule has 0 fully saturated rings. The van der Waals surface area contributed by atoms with Gasteiger partial charge in [0.05, 0.1) is 11.4 Å². The third-order valence-electron chi connectivity index (χ3n) is 5.40. The minimum atomic E-state index is 0.181. The van der Waals surface area contributed by atoms with Crippen molar-refractivity contribution < 1.29 is 0 Å². The highest BCUT2D eigenvalue weighted by Crippen LogP contribution is 2.33. The molecule has 0 atom stereocenters. The third-order valence-corrected chi connectivity index (χ3v) is 5.40. The Morgan fingerprint density at radius 1 is 1.04 bits per heavy atom. The second kappa shape index (κ2) is 6.13. The lowest BCUT2D eigenvalue weighted by atomic mass is 9.89. The fourth-order valence-electron chi connectivity index (χ4n) is 3.89. The average molecular weight is 345 g/mol. The van der Waals surface area contributed by atoms with Crippen molar-refractivity contribution in [2.24, 2.45) is 0 Å². The molecule has 1 aromatic carbocycles. The fourth-order valence-corrected chi connectivity index (χ4v) is 3.89. The van der Waals surface area contributed by atoms with Crippen LogP contribution in [0.4, 0.5) is 0 Å². The van der Waals surface area contributed by atoms with Gasteiger partial charge in [-0.25, -0.2) is 4.68 Å². The maximum atomic E-state index is 12.5. The number of aromatic amines is 1. The van der Waals surface area contributed by atoms with Crippen molar-refractivity contribution in [3.63, 3.8) is 0 Å². The summed E-state index contributed by atoms with van der Waals surface area (Å²) in [4.78, 5) is 15.9. The van der Waals surface area contributed by atoms with Crippen LogP contribution in [0.15, 0.2) is 35.1 Å². The standard InChI is InChI=1S/C22H23N3O/c1-13-14(2)23-20-12-17(10-11-19(20)22(13)26)21-15(3)24-25(16(21)4)18-8-6-5-7-9-18/h5-9,12H,10-11H2,1-4H3,(H,23,26). The molecule has 4 rings (SSSR count). The van der Waals surface area contributed by atoms with Crippen LogP contribution in [0.2, 0.25) is 0 Å². The monoisotopic (exact) mass is 345 g/mol. The van der Waals surface area contributed by atoms with Crippen molar-refractivity contribution >= 4 is 11.6 Å². The number of rotatable bonds is 2. The molecule has 0 aliphatic heterocycles. The summed E-state index contributed by atoms with van der Waals surface area (Å²) in [5.74, 6) is 0. The van der Waals surface area contributed by atoms with Crippen LogP contribution < -0.4 is 5.43 Å². The number of hydrogen-bond donors (Lipinski definition) is 1. The molecule has 2 heterocycles. The van der Waals surface area contributed by atoms with Crippen LogP contribution in [0.3, 0.4) is 0 Å². The van der Waals surface area contributed by atoms with Crippen LogP contribution >= 0.6 is 0 Å². The number of allylic oxidation sites excluding steroid dienone is 1. The molecule has 132 valence electrons. The van der Waals surface area contributed by atoms with Crippen LogP contribution in [0.1, 0.15) is 45.9 Å². The van der Waals surface area contributed by atoms with Crippen LogP contribution in [-0.2, 0) is 6.42 Å². The highest BCUT2D eigenvalue weighted by atomic mass is 16.1. The predicted molar refractivity (Wildman–Crippen MR) is 106 cm³/mol. The van der Waals surface area contributed by atoms with E-state index in [0.29, 0.717) is 0 Å². The zero-order valence-corrected chi connectivity index (χ0v) is 15.7. The highest BCUT2D eigenvalue weighted by Gasteiger charge is 2.22. The summed E-state index contributed by atoms with van der Waals surface area (Å²) in [6.45, 7) is 8.03. The molecule has 3 aromatic rings. The lowest BCUT2D eigenvalue weighted by Gasteiger charge is -2.18. The third kappa shape index (κ3) is 2.53. The Hall–Kier alpha value is -2.88. The Balaban J connectivity index is 1.85. The van der Waals surface area contributed by atoms with E-state index in [-0.39, 0.29) is 5.43 Å². The van der Waals surface area contributed by atoms with Crippen LogP contribution in [0.5, 0.6) is 0 Å². The summed E-state index contributed by atoms with van der Waals surface area (Å²) in [5.41, 5.74) is 9.46. The van der Waals surface area contributed by atoms with E-state index >= 15 is 0 Å². The quantitative estimate of drug-likeness (QED) is 0.753. The minimum Gasteiger partial charge on any atom is -0.358 e. The SMILES string of the molecule is Cc1nn(-c2ccccc2)c(C)c1C1=Cc2[nH]c(C)c(C)c(=O)c2CC1. The number of H-pyrrole nitrogens is 1. The Labute approximate surface area is 153 Å². The summed E-state index contributed by atoms with van der Waals surface area (Å²) < 4.78 is 2.00. The molecule has 2 aromatic heterocycles. The van der Waals surface area contributed by atoms with Gasteiger partial charge in [0.2, 0.25) is 0 Å². The molecule has 4 nitrogen and oxygen atoms in total. The molecule has 1 aliphatic rings. The molecule has 0 unspecified atom stereocenters. The molecule has 1 aliphatic carbocycles. The van der Waals surface area contributed by atoms with Gasteiger partial charge in [-0.3, -0.25) is 4.79 Å². The van der Waals surface area contributed by atoms with Gasteiger partial charge in [-0.2, -0.15) is 5.10 Å². The number of aryl methyl sites for hydroxylation is 2. The van der Waals surface area contributed by atoms with Crippen molar-refractivity contribution in [1.82, 2.24) is 14.8 Å². The van der Waals surface area contributed by atoms with Gasteiger partial charge in [0.1, 0.15) is 0 Å². The zero-order chi connectivity index (χ0) is 18.4. The van der Waals surface area contributed by atoms with E-state index in [4.69, 9.17) is 5.10 Å². The van der Waals surface area contributed by atoms with E-state index in [1.54, 1.807) is 0 Å². The molecule has 0 amide bonds. The molecular formula is C22H23N3O. The number of pyridine rings is 1. The van der Waals surface area contributed by atoms with E-state index < -0.39 is 0 Å². The summed E-state index contributed by atoms with van der Waals surface area (Å²) in [6.07, 6.45) is 3.77. The Kier molecular flexibility index (Phi) is 3.91. The molecule has 1 N–H and O–H groups in total. The van der Waals surface area contributed by atoms with Crippen molar-refractivity contribution in [1.29, 1.82) is 0 Å². The minimum absolute atomic E-state index is 0.181. The first-order chi connectivity index (χ1) is 12.5. The number of benzene rings is 1.